The quantitative estimate of drug-likeness (QED) is 0.590. The third kappa shape index (κ3) is 8.92. The Hall–Kier alpha value is -0.0900. The van der Waals surface area contributed by atoms with Crippen molar-refractivity contribution < 1.29 is 13.5 Å². The summed E-state index contributed by atoms with van der Waals surface area (Å²) in [5.74, 6) is 0. The summed E-state index contributed by atoms with van der Waals surface area (Å²) < 4.78 is 22.5. The van der Waals surface area contributed by atoms with Crippen molar-refractivity contribution in [1.29, 1.82) is 0 Å². The Balaban J connectivity index is 3.49. The van der Waals surface area contributed by atoms with Crippen LogP contribution in [-0.2, 0) is 9.84 Å². The maximum absolute atomic E-state index is 11.2. The molecule has 0 saturated carbocycles. The second-order valence-corrected chi connectivity index (χ2v) is 7.77. The highest BCUT2D eigenvalue weighted by atomic mass is 32.2. The normalized spacial score (nSPS) is 15.6. The molecule has 0 aromatic carbocycles. The van der Waals surface area contributed by atoms with Gasteiger partial charge in [0, 0.05) is 6.26 Å². The van der Waals surface area contributed by atoms with E-state index in [1.165, 1.54) is 44.8 Å². The van der Waals surface area contributed by atoms with E-state index in [4.69, 9.17) is 0 Å². The molecule has 2 unspecified atom stereocenters. The smallest absolute Gasteiger partial charge is 0.152 e. The third-order valence-corrected chi connectivity index (χ3v) is 5.24. The SMILES string of the molecule is CCCCCCCCCCC(O)C(C)S(C)(=O)=O. The second-order valence-electron chi connectivity index (χ2n) is 5.37. The van der Waals surface area contributed by atoms with E-state index in [-0.39, 0.29) is 0 Å². The van der Waals surface area contributed by atoms with Crippen molar-refractivity contribution in [3.8, 4) is 0 Å². The molecule has 0 amide bonds. The largest absolute Gasteiger partial charge is 0.392 e. The Bertz CT molecular complexity index is 285. The summed E-state index contributed by atoms with van der Waals surface area (Å²) in [6.45, 7) is 3.80. The van der Waals surface area contributed by atoms with Crippen LogP contribution in [0.5, 0.6) is 0 Å². The summed E-state index contributed by atoms with van der Waals surface area (Å²) in [6.07, 6.45) is 10.8. The number of aliphatic hydroxyl groups excluding tert-OH is 1. The van der Waals surface area contributed by atoms with Gasteiger partial charge in [-0.2, -0.15) is 0 Å². The maximum Gasteiger partial charge on any atom is 0.152 e. The Morgan fingerprint density at radius 1 is 0.944 bits per heavy atom. The van der Waals surface area contributed by atoms with Gasteiger partial charge in [-0.05, 0) is 13.3 Å². The van der Waals surface area contributed by atoms with Gasteiger partial charge < -0.3 is 5.11 Å². The summed E-state index contributed by atoms with van der Waals surface area (Å²) in [5.41, 5.74) is 0. The molecule has 18 heavy (non-hydrogen) atoms. The number of aliphatic hydroxyl groups is 1. The molecule has 4 heteroatoms. The lowest BCUT2D eigenvalue weighted by Crippen LogP contribution is -2.30. The van der Waals surface area contributed by atoms with E-state index in [0.29, 0.717) is 6.42 Å². The van der Waals surface area contributed by atoms with E-state index < -0.39 is 21.2 Å². The van der Waals surface area contributed by atoms with Crippen LogP contribution in [0.3, 0.4) is 0 Å². The van der Waals surface area contributed by atoms with Gasteiger partial charge in [-0.15, -0.1) is 0 Å². The molecule has 0 bridgehead atoms. The maximum atomic E-state index is 11.2. The van der Waals surface area contributed by atoms with E-state index in [2.05, 4.69) is 6.92 Å². The second kappa shape index (κ2) is 9.79. The standard InChI is InChI=1S/C14H30O3S/c1-4-5-6-7-8-9-10-11-12-14(15)13(2)18(3,16)17/h13-15H,4-12H2,1-3H3. The first-order valence-corrected chi connectivity index (χ1v) is 9.22. The van der Waals surface area contributed by atoms with Gasteiger partial charge in [0.05, 0.1) is 11.4 Å². The predicted octanol–water partition coefficient (Wildman–Crippen LogP) is 3.31. The highest BCUT2D eigenvalue weighted by Gasteiger charge is 2.23. The fourth-order valence-electron chi connectivity index (χ4n) is 2.01. The van der Waals surface area contributed by atoms with Crippen LogP contribution in [-0.4, -0.2) is 31.1 Å². The number of sulfone groups is 1. The molecule has 0 spiro atoms. The van der Waals surface area contributed by atoms with Gasteiger partial charge in [0.25, 0.3) is 0 Å². The van der Waals surface area contributed by atoms with Crippen molar-refractivity contribution in [3.05, 3.63) is 0 Å². The summed E-state index contributed by atoms with van der Waals surface area (Å²) in [5, 5.41) is 9.11. The summed E-state index contributed by atoms with van der Waals surface area (Å²) >= 11 is 0. The first-order chi connectivity index (χ1) is 8.39. The number of unbranched alkanes of at least 4 members (excludes halogenated alkanes) is 7. The molecule has 3 nitrogen and oxygen atoms in total. The highest BCUT2D eigenvalue weighted by Crippen LogP contribution is 2.14. The Kier molecular flexibility index (Phi) is 9.74. The van der Waals surface area contributed by atoms with Crippen molar-refractivity contribution >= 4 is 9.84 Å². The van der Waals surface area contributed by atoms with Gasteiger partial charge in [-0.3, -0.25) is 0 Å². The lowest BCUT2D eigenvalue weighted by molar-refractivity contribution is 0.159. The monoisotopic (exact) mass is 278 g/mol. The van der Waals surface area contributed by atoms with E-state index >= 15 is 0 Å². The molecule has 0 fully saturated rings. The van der Waals surface area contributed by atoms with Crippen LogP contribution in [0, 0.1) is 0 Å². The molecule has 110 valence electrons. The molecular weight excluding hydrogens is 248 g/mol. The minimum Gasteiger partial charge on any atom is -0.392 e. The van der Waals surface area contributed by atoms with Crippen molar-refractivity contribution in [3.63, 3.8) is 0 Å². The summed E-state index contributed by atoms with van der Waals surface area (Å²) in [7, 11) is -3.11. The fourth-order valence-corrected chi connectivity index (χ4v) is 2.71. The van der Waals surface area contributed by atoms with Gasteiger partial charge in [0.15, 0.2) is 9.84 Å². The first-order valence-electron chi connectivity index (χ1n) is 7.26. The predicted molar refractivity (Wildman–Crippen MR) is 77.5 cm³/mol. The van der Waals surface area contributed by atoms with E-state index in [1.54, 1.807) is 6.92 Å². The molecule has 0 aliphatic rings. The summed E-state index contributed by atoms with van der Waals surface area (Å²) in [4.78, 5) is 0. The van der Waals surface area contributed by atoms with Gasteiger partial charge in [0.1, 0.15) is 0 Å². The molecule has 0 aromatic rings. The molecule has 0 aliphatic carbocycles. The van der Waals surface area contributed by atoms with Gasteiger partial charge in [0.2, 0.25) is 0 Å². The zero-order chi connectivity index (χ0) is 14.0. The molecule has 1 N–H and O–H groups in total. The molecule has 0 aromatic heterocycles. The van der Waals surface area contributed by atoms with Crippen LogP contribution in [0.2, 0.25) is 0 Å². The van der Waals surface area contributed by atoms with Crippen LogP contribution < -0.4 is 0 Å². The molecule has 0 heterocycles. The molecule has 0 aliphatic heterocycles. The zero-order valence-electron chi connectivity index (χ0n) is 12.2. The van der Waals surface area contributed by atoms with Crippen molar-refractivity contribution in [2.24, 2.45) is 0 Å². The lowest BCUT2D eigenvalue weighted by Gasteiger charge is -2.16. The Morgan fingerprint density at radius 2 is 1.39 bits per heavy atom. The van der Waals surface area contributed by atoms with Crippen LogP contribution >= 0.6 is 0 Å². The lowest BCUT2D eigenvalue weighted by atomic mass is 10.0. The van der Waals surface area contributed by atoms with Crippen LogP contribution in [0.25, 0.3) is 0 Å². The Morgan fingerprint density at radius 3 is 1.83 bits per heavy atom. The van der Waals surface area contributed by atoms with Gasteiger partial charge in [-0.25, -0.2) is 8.42 Å². The molecule has 2 atom stereocenters. The van der Waals surface area contributed by atoms with Gasteiger partial charge in [-0.1, -0.05) is 58.3 Å². The van der Waals surface area contributed by atoms with Crippen molar-refractivity contribution in [2.75, 3.05) is 6.26 Å². The van der Waals surface area contributed by atoms with E-state index in [9.17, 15) is 13.5 Å². The number of hydrogen-bond donors (Lipinski definition) is 1. The average Bonchev–Trinajstić information content (AvgIpc) is 2.30. The van der Waals surface area contributed by atoms with E-state index in [0.717, 1.165) is 12.8 Å². The van der Waals surface area contributed by atoms with E-state index in [1.807, 2.05) is 0 Å². The topological polar surface area (TPSA) is 54.4 Å². The molecule has 0 rings (SSSR count). The molecule has 0 radical (unpaired) electrons. The van der Waals surface area contributed by atoms with Crippen LogP contribution in [0.15, 0.2) is 0 Å². The molecule has 0 saturated heterocycles. The minimum atomic E-state index is -3.11. The van der Waals surface area contributed by atoms with Crippen molar-refractivity contribution in [1.82, 2.24) is 0 Å². The fraction of sp³-hybridized carbons (Fsp3) is 1.00. The number of rotatable bonds is 11. The third-order valence-electron chi connectivity index (χ3n) is 3.57. The van der Waals surface area contributed by atoms with Gasteiger partial charge >= 0.3 is 0 Å². The van der Waals surface area contributed by atoms with Crippen LogP contribution in [0.4, 0.5) is 0 Å². The first kappa shape index (κ1) is 17.9. The zero-order valence-corrected chi connectivity index (χ0v) is 13.0. The highest BCUT2D eigenvalue weighted by molar-refractivity contribution is 7.91. The number of hydrogen-bond acceptors (Lipinski definition) is 3. The minimum absolute atomic E-state index is 0.600. The Labute approximate surface area is 113 Å². The average molecular weight is 278 g/mol. The van der Waals surface area contributed by atoms with Crippen molar-refractivity contribution in [2.45, 2.75) is 83.0 Å². The molecular formula is C14H30O3S. The van der Waals surface area contributed by atoms with Crippen LogP contribution in [0.1, 0.15) is 71.6 Å². The summed E-state index contributed by atoms with van der Waals surface area (Å²) in [6, 6.07) is 0.